The maximum atomic E-state index is 12.0. The molecule has 0 saturated heterocycles. The fraction of sp³-hybridized carbons (Fsp3) is 0.357. The lowest BCUT2D eigenvalue weighted by molar-refractivity contribution is -0.120. The van der Waals surface area contributed by atoms with Gasteiger partial charge in [0.2, 0.25) is 5.91 Å². The van der Waals surface area contributed by atoms with Crippen molar-refractivity contribution in [2.24, 2.45) is 0 Å². The molecule has 0 bridgehead atoms. The summed E-state index contributed by atoms with van der Waals surface area (Å²) in [6.45, 7) is 1.92. The van der Waals surface area contributed by atoms with Crippen LogP contribution in [0.1, 0.15) is 19.8 Å². The Labute approximate surface area is 116 Å². The molecular formula is C14H15N3OS. The smallest absolute Gasteiger partial charge is 0.233 e. The first-order chi connectivity index (χ1) is 9.24. The first kappa shape index (κ1) is 12.4. The highest BCUT2D eigenvalue weighted by molar-refractivity contribution is 8.00. The number of rotatable bonds is 4. The number of nitrogens with zero attached hydrogens (tertiary/aromatic N) is 2. The third kappa shape index (κ3) is 2.87. The van der Waals surface area contributed by atoms with E-state index in [9.17, 15) is 4.79 Å². The molecule has 3 rings (SSSR count). The predicted molar refractivity (Wildman–Crippen MR) is 76.0 cm³/mol. The van der Waals surface area contributed by atoms with Gasteiger partial charge in [-0.25, -0.2) is 9.97 Å². The van der Waals surface area contributed by atoms with Crippen molar-refractivity contribution in [1.82, 2.24) is 15.3 Å². The van der Waals surface area contributed by atoms with Crippen molar-refractivity contribution >= 4 is 28.6 Å². The van der Waals surface area contributed by atoms with Gasteiger partial charge in [-0.1, -0.05) is 30.0 Å². The second-order valence-electron chi connectivity index (χ2n) is 4.74. The van der Waals surface area contributed by atoms with Gasteiger partial charge in [-0.2, -0.15) is 0 Å². The van der Waals surface area contributed by atoms with Crippen LogP contribution in [0.3, 0.4) is 0 Å². The molecule has 1 aliphatic carbocycles. The van der Waals surface area contributed by atoms with Gasteiger partial charge in [0.15, 0.2) is 0 Å². The van der Waals surface area contributed by atoms with E-state index in [-0.39, 0.29) is 11.2 Å². The average Bonchev–Trinajstić information content (AvgIpc) is 3.23. The van der Waals surface area contributed by atoms with Crippen LogP contribution in [0.2, 0.25) is 0 Å². The van der Waals surface area contributed by atoms with Crippen LogP contribution in [0.5, 0.6) is 0 Å². The lowest BCUT2D eigenvalue weighted by Gasteiger charge is -2.11. The molecule has 4 nitrogen and oxygen atoms in total. The second kappa shape index (κ2) is 5.17. The van der Waals surface area contributed by atoms with Gasteiger partial charge in [-0.15, -0.1) is 0 Å². The Balaban J connectivity index is 1.78. The topological polar surface area (TPSA) is 54.9 Å². The number of thioether (sulfide) groups is 1. The number of benzene rings is 1. The summed E-state index contributed by atoms with van der Waals surface area (Å²) in [5.74, 6) is 0.0928. The number of nitrogens with one attached hydrogen (secondary N) is 1. The van der Waals surface area contributed by atoms with E-state index < -0.39 is 0 Å². The molecule has 1 aromatic heterocycles. The van der Waals surface area contributed by atoms with E-state index in [4.69, 9.17) is 0 Å². The molecule has 19 heavy (non-hydrogen) atoms. The minimum Gasteiger partial charge on any atom is -0.352 e. The van der Waals surface area contributed by atoms with Crippen LogP contribution in [-0.2, 0) is 4.79 Å². The van der Waals surface area contributed by atoms with Crippen LogP contribution in [-0.4, -0.2) is 27.2 Å². The highest BCUT2D eigenvalue weighted by Crippen LogP contribution is 2.28. The molecule has 2 aromatic rings. The fourth-order valence-corrected chi connectivity index (χ4v) is 2.76. The molecule has 0 spiro atoms. The van der Waals surface area contributed by atoms with Gasteiger partial charge in [0.25, 0.3) is 0 Å². The number of carbonyl (C=O) groups is 1. The highest BCUT2D eigenvalue weighted by Gasteiger charge is 2.26. The first-order valence-corrected chi connectivity index (χ1v) is 7.29. The van der Waals surface area contributed by atoms with Gasteiger partial charge in [0.1, 0.15) is 11.4 Å². The van der Waals surface area contributed by atoms with E-state index in [1.54, 1.807) is 6.33 Å². The number of carbonyl (C=O) groups excluding carboxylic acids is 1. The number of hydrogen-bond acceptors (Lipinski definition) is 4. The monoisotopic (exact) mass is 273 g/mol. The molecule has 1 aliphatic rings. The quantitative estimate of drug-likeness (QED) is 0.686. The van der Waals surface area contributed by atoms with Crippen molar-refractivity contribution in [2.75, 3.05) is 0 Å². The zero-order chi connectivity index (χ0) is 13.2. The van der Waals surface area contributed by atoms with Crippen molar-refractivity contribution < 1.29 is 4.79 Å². The molecule has 0 radical (unpaired) electrons. The Kier molecular flexibility index (Phi) is 3.38. The van der Waals surface area contributed by atoms with Crippen molar-refractivity contribution in [1.29, 1.82) is 0 Å². The van der Waals surface area contributed by atoms with E-state index in [0.717, 1.165) is 28.8 Å². The van der Waals surface area contributed by atoms with Gasteiger partial charge in [-0.05, 0) is 25.8 Å². The van der Waals surface area contributed by atoms with Crippen LogP contribution in [0.15, 0.2) is 35.6 Å². The highest BCUT2D eigenvalue weighted by atomic mass is 32.2. The summed E-state index contributed by atoms with van der Waals surface area (Å²) in [7, 11) is 0. The Morgan fingerprint density at radius 3 is 2.95 bits per heavy atom. The molecule has 1 aromatic carbocycles. The van der Waals surface area contributed by atoms with E-state index in [1.165, 1.54) is 11.8 Å². The molecular weight excluding hydrogens is 258 g/mol. The molecule has 1 fully saturated rings. The normalized spacial score (nSPS) is 16.3. The average molecular weight is 273 g/mol. The standard InChI is InChI=1S/C14H15N3OS/c1-9(13(18)17-10-6-7-10)19-14-11-4-2-3-5-12(11)15-8-16-14/h2-5,8-10H,6-7H2,1H3,(H,17,18)/t9-/m0/s1. The summed E-state index contributed by atoms with van der Waals surface area (Å²) < 4.78 is 0. The number of aromatic nitrogens is 2. The first-order valence-electron chi connectivity index (χ1n) is 6.41. The molecule has 0 aliphatic heterocycles. The molecule has 1 atom stereocenters. The largest absolute Gasteiger partial charge is 0.352 e. The van der Waals surface area contributed by atoms with Crippen molar-refractivity contribution in [3.05, 3.63) is 30.6 Å². The zero-order valence-electron chi connectivity index (χ0n) is 10.7. The number of hydrogen-bond donors (Lipinski definition) is 1. The summed E-state index contributed by atoms with van der Waals surface area (Å²) in [5, 5.41) is 4.74. The van der Waals surface area contributed by atoms with Gasteiger partial charge in [-0.3, -0.25) is 4.79 Å². The summed E-state index contributed by atoms with van der Waals surface area (Å²) in [5.41, 5.74) is 0.912. The Hall–Kier alpha value is -1.62. The van der Waals surface area contributed by atoms with E-state index in [1.807, 2.05) is 31.2 Å². The fourth-order valence-electron chi connectivity index (χ4n) is 1.84. The van der Waals surface area contributed by atoms with Crippen molar-refractivity contribution in [3.63, 3.8) is 0 Å². The molecule has 5 heteroatoms. The maximum Gasteiger partial charge on any atom is 0.233 e. The summed E-state index contributed by atoms with van der Waals surface area (Å²) >= 11 is 1.49. The maximum absolute atomic E-state index is 12.0. The molecule has 1 heterocycles. The van der Waals surface area contributed by atoms with Crippen molar-refractivity contribution in [3.8, 4) is 0 Å². The van der Waals surface area contributed by atoms with Crippen LogP contribution < -0.4 is 5.32 Å². The minimum absolute atomic E-state index is 0.0928. The van der Waals surface area contributed by atoms with E-state index in [0.29, 0.717) is 6.04 Å². The van der Waals surface area contributed by atoms with Gasteiger partial charge < -0.3 is 5.32 Å². The molecule has 1 N–H and O–H groups in total. The Morgan fingerprint density at radius 2 is 2.16 bits per heavy atom. The molecule has 0 unspecified atom stereocenters. The number of para-hydroxylation sites is 1. The van der Waals surface area contributed by atoms with Crippen LogP contribution in [0.25, 0.3) is 10.9 Å². The second-order valence-corrected chi connectivity index (χ2v) is 6.07. The predicted octanol–water partition coefficient (Wildman–Crippen LogP) is 2.39. The molecule has 98 valence electrons. The van der Waals surface area contributed by atoms with Gasteiger partial charge in [0.05, 0.1) is 10.8 Å². The molecule has 1 amide bonds. The summed E-state index contributed by atoms with van der Waals surface area (Å²) in [4.78, 5) is 20.5. The summed E-state index contributed by atoms with van der Waals surface area (Å²) in [6.07, 6.45) is 3.77. The third-order valence-corrected chi connectivity index (χ3v) is 4.20. The third-order valence-electron chi connectivity index (χ3n) is 3.09. The molecule has 1 saturated carbocycles. The zero-order valence-corrected chi connectivity index (χ0v) is 11.5. The SMILES string of the molecule is C[C@H](Sc1ncnc2ccccc12)C(=O)NC1CC1. The Bertz CT molecular complexity index is 607. The van der Waals surface area contributed by atoms with Crippen LogP contribution >= 0.6 is 11.8 Å². The van der Waals surface area contributed by atoms with Crippen molar-refractivity contribution in [2.45, 2.75) is 36.1 Å². The lowest BCUT2D eigenvalue weighted by Crippen LogP contribution is -2.32. The van der Waals surface area contributed by atoms with E-state index in [2.05, 4.69) is 15.3 Å². The minimum atomic E-state index is -0.140. The Morgan fingerprint density at radius 1 is 1.37 bits per heavy atom. The number of amides is 1. The van der Waals surface area contributed by atoms with E-state index >= 15 is 0 Å². The van der Waals surface area contributed by atoms with Crippen LogP contribution in [0.4, 0.5) is 0 Å². The lowest BCUT2D eigenvalue weighted by atomic mass is 10.2. The van der Waals surface area contributed by atoms with Crippen LogP contribution in [0, 0.1) is 0 Å². The van der Waals surface area contributed by atoms with Gasteiger partial charge in [0, 0.05) is 11.4 Å². The number of fused-ring (bicyclic) bond motifs is 1. The summed E-state index contributed by atoms with van der Waals surface area (Å²) in [6, 6.07) is 8.26. The van der Waals surface area contributed by atoms with Gasteiger partial charge >= 0.3 is 0 Å².